The molecule has 0 bridgehead atoms. The monoisotopic (exact) mass is 390 g/mol. The van der Waals surface area contributed by atoms with Gasteiger partial charge in [0, 0.05) is 43.3 Å². The van der Waals surface area contributed by atoms with E-state index in [0.717, 1.165) is 35.7 Å². The van der Waals surface area contributed by atoms with Crippen LogP contribution in [0.4, 0.5) is 9.18 Å². The van der Waals surface area contributed by atoms with E-state index in [1.807, 2.05) is 24.3 Å². The molecule has 1 aliphatic carbocycles. The fraction of sp³-hybridized carbons (Fsp3) is 0.304. The zero-order valence-corrected chi connectivity index (χ0v) is 16.6. The Bertz CT molecular complexity index is 1130. The molecule has 1 aliphatic rings. The number of rotatable bonds is 3. The summed E-state index contributed by atoms with van der Waals surface area (Å²) in [4.78, 5) is 13.6. The molecule has 1 aromatic heterocycles. The molecule has 0 fully saturated rings. The van der Waals surface area contributed by atoms with Gasteiger partial charge in [-0.3, -0.25) is 0 Å². The van der Waals surface area contributed by atoms with E-state index in [4.69, 9.17) is 0 Å². The van der Waals surface area contributed by atoms with E-state index in [1.54, 1.807) is 26.2 Å². The van der Waals surface area contributed by atoms with Gasteiger partial charge in [-0.05, 0) is 60.7 Å². The molecule has 3 aromatic rings. The summed E-state index contributed by atoms with van der Waals surface area (Å²) < 4.78 is 15.9. The number of aromatic nitrogens is 1. The lowest BCUT2D eigenvalue weighted by atomic mass is 9.91. The number of hydrogen-bond acceptors (Lipinski definition) is 2. The first-order chi connectivity index (χ1) is 14.0. The number of benzene rings is 2. The summed E-state index contributed by atoms with van der Waals surface area (Å²) in [7, 11) is 3.46. The standard InChI is InChI=1S/C23H23FN4O/c1-27(2)23(29)26-18-7-9-22-20(12-18)19-11-15(13-25)6-8-21(19)28(22)14-16-4-3-5-17(24)10-16/h3-6,8,10-11,18H,7,9,12,14H2,1-2H3,(H,26,29). The summed E-state index contributed by atoms with van der Waals surface area (Å²) in [6.07, 6.45) is 2.38. The zero-order valence-electron chi connectivity index (χ0n) is 16.6. The van der Waals surface area contributed by atoms with Crippen LogP contribution in [0.1, 0.15) is 28.8 Å². The fourth-order valence-electron chi connectivity index (χ4n) is 4.14. The highest BCUT2D eigenvalue weighted by atomic mass is 19.1. The van der Waals surface area contributed by atoms with Crippen LogP contribution in [0.15, 0.2) is 42.5 Å². The van der Waals surface area contributed by atoms with Gasteiger partial charge in [0.25, 0.3) is 0 Å². The average molecular weight is 390 g/mol. The van der Waals surface area contributed by atoms with Gasteiger partial charge in [-0.15, -0.1) is 0 Å². The Morgan fingerprint density at radius 1 is 1.31 bits per heavy atom. The Morgan fingerprint density at radius 3 is 2.86 bits per heavy atom. The predicted octanol–water partition coefficient (Wildman–Crippen LogP) is 3.83. The van der Waals surface area contributed by atoms with Crippen molar-refractivity contribution in [2.24, 2.45) is 0 Å². The fourth-order valence-corrected chi connectivity index (χ4v) is 4.14. The Kier molecular flexibility index (Phi) is 4.98. The quantitative estimate of drug-likeness (QED) is 0.739. The lowest BCUT2D eigenvalue weighted by Crippen LogP contribution is -2.44. The van der Waals surface area contributed by atoms with Gasteiger partial charge < -0.3 is 14.8 Å². The minimum atomic E-state index is -0.244. The SMILES string of the molecule is CN(C)C(=O)NC1CCc2c(c3cc(C#N)ccc3n2Cc2cccc(F)c2)C1. The molecule has 5 nitrogen and oxygen atoms in total. The van der Waals surface area contributed by atoms with Crippen LogP contribution in [0.3, 0.4) is 0 Å². The van der Waals surface area contributed by atoms with Crippen molar-refractivity contribution in [1.82, 2.24) is 14.8 Å². The van der Waals surface area contributed by atoms with Gasteiger partial charge in [-0.2, -0.15) is 5.26 Å². The van der Waals surface area contributed by atoms with Gasteiger partial charge >= 0.3 is 6.03 Å². The second kappa shape index (κ2) is 7.59. The number of carbonyl (C=O) groups is 1. The summed E-state index contributed by atoms with van der Waals surface area (Å²) in [5.41, 5.74) is 4.93. The smallest absolute Gasteiger partial charge is 0.317 e. The number of halogens is 1. The first kappa shape index (κ1) is 19.0. The topological polar surface area (TPSA) is 61.1 Å². The Hall–Kier alpha value is -3.33. The third-order valence-corrected chi connectivity index (χ3v) is 5.56. The first-order valence-corrected chi connectivity index (χ1v) is 9.72. The van der Waals surface area contributed by atoms with Crippen LogP contribution in [0.5, 0.6) is 0 Å². The van der Waals surface area contributed by atoms with Crippen LogP contribution in [-0.4, -0.2) is 35.6 Å². The molecule has 29 heavy (non-hydrogen) atoms. The maximum Gasteiger partial charge on any atom is 0.317 e. The molecule has 6 heteroatoms. The molecular formula is C23H23FN4O. The lowest BCUT2D eigenvalue weighted by Gasteiger charge is -2.26. The first-order valence-electron chi connectivity index (χ1n) is 9.72. The molecule has 0 saturated heterocycles. The summed E-state index contributed by atoms with van der Waals surface area (Å²) in [6.45, 7) is 0.574. The lowest BCUT2D eigenvalue weighted by molar-refractivity contribution is 0.211. The summed E-state index contributed by atoms with van der Waals surface area (Å²) >= 11 is 0. The highest BCUT2D eigenvalue weighted by molar-refractivity contribution is 5.87. The maximum atomic E-state index is 13.7. The second-order valence-corrected chi connectivity index (χ2v) is 7.77. The van der Waals surface area contributed by atoms with Crippen LogP contribution in [0, 0.1) is 17.1 Å². The predicted molar refractivity (Wildman–Crippen MR) is 110 cm³/mol. The van der Waals surface area contributed by atoms with Gasteiger partial charge in [0.15, 0.2) is 0 Å². The van der Waals surface area contributed by atoms with E-state index in [9.17, 15) is 14.4 Å². The number of fused-ring (bicyclic) bond motifs is 3. The van der Waals surface area contributed by atoms with E-state index < -0.39 is 0 Å². The third-order valence-electron chi connectivity index (χ3n) is 5.56. The number of nitrogens with zero attached hydrogens (tertiary/aromatic N) is 3. The van der Waals surface area contributed by atoms with Crippen LogP contribution in [-0.2, 0) is 19.4 Å². The molecule has 1 atom stereocenters. The molecule has 0 aliphatic heterocycles. The molecule has 1 heterocycles. The number of nitriles is 1. The number of carbonyl (C=O) groups excluding carboxylic acids is 1. The van der Waals surface area contributed by atoms with Gasteiger partial charge in [-0.1, -0.05) is 12.1 Å². The summed E-state index contributed by atoms with van der Waals surface area (Å²) in [5.74, 6) is -0.244. The highest BCUT2D eigenvalue weighted by Crippen LogP contribution is 2.33. The molecular weight excluding hydrogens is 367 g/mol. The minimum Gasteiger partial charge on any atom is -0.340 e. The molecule has 1 unspecified atom stereocenters. The number of amides is 2. The number of hydrogen-bond donors (Lipinski definition) is 1. The third kappa shape index (κ3) is 3.68. The molecule has 2 aromatic carbocycles. The van der Waals surface area contributed by atoms with Gasteiger partial charge in [0.1, 0.15) is 5.82 Å². The van der Waals surface area contributed by atoms with Crippen molar-refractivity contribution in [2.45, 2.75) is 31.8 Å². The molecule has 0 radical (unpaired) electrons. The highest BCUT2D eigenvalue weighted by Gasteiger charge is 2.27. The largest absolute Gasteiger partial charge is 0.340 e. The molecule has 4 rings (SSSR count). The molecule has 2 amide bonds. The Morgan fingerprint density at radius 2 is 2.14 bits per heavy atom. The average Bonchev–Trinajstić information content (AvgIpc) is 3.00. The number of urea groups is 1. The summed E-state index contributed by atoms with van der Waals surface area (Å²) in [5, 5.41) is 13.5. The van der Waals surface area contributed by atoms with Crippen molar-refractivity contribution in [3.8, 4) is 6.07 Å². The van der Waals surface area contributed by atoms with E-state index in [2.05, 4.69) is 16.0 Å². The van der Waals surface area contributed by atoms with Crippen LogP contribution >= 0.6 is 0 Å². The normalized spacial score (nSPS) is 15.6. The van der Waals surface area contributed by atoms with Gasteiger partial charge in [-0.25, -0.2) is 9.18 Å². The number of nitrogens with one attached hydrogen (secondary N) is 1. The van der Waals surface area contributed by atoms with Crippen molar-refractivity contribution < 1.29 is 9.18 Å². The van der Waals surface area contributed by atoms with Crippen molar-refractivity contribution in [3.05, 3.63) is 70.7 Å². The molecule has 0 saturated carbocycles. The van der Waals surface area contributed by atoms with Crippen LogP contribution in [0.2, 0.25) is 0 Å². The Balaban J connectivity index is 1.76. The van der Waals surface area contributed by atoms with E-state index in [0.29, 0.717) is 12.1 Å². The van der Waals surface area contributed by atoms with Crippen molar-refractivity contribution in [2.75, 3.05) is 14.1 Å². The second-order valence-electron chi connectivity index (χ2n) is 7.77. The summed E-state index contributed by atoms with van der Waals surface area (Å²) in [6, 6.07) is 14.5. The van der Waals surface area contributed by atoms with Crippen molar-refractivity contribution in [3.63, 3.8) is 0 Å². The molecule has 148 valence electrons. The van der Waals surface area contributed by atoms with Gasteiger partial charge in [0.2, 0.25) is 0 Å². The van der Waals surface area contributed by atoms with E-state index in [1.165, 1.54) is 22.2 Å². The zero-order chi connectivity index (χ0) is 20.5. The Labute approximate surface area is 169 Å². The molecule has 1 N–H and O–H groups in total. The van der Waals surface area contributed by atoms with E-state index in [-0.39, 0.29) is 17.9 Å². The van der Waals surface area contributed by atoms with Crippen molar-refractivity contribution >= 4 is 16.9 Å². The van der Waals surface area contributed by atoms with Crippen LogP contribution < -0.4 is 5.32 Å². The molecule has 0 spiro atoms. The van der Waals surface area contributed by atoms with Gasteiger partial charge in [0.05, 0.1) is 11.6 Å². The van der Waals surface area contributed by atoms with Crippen molar-refractivity contribution in [1.29, 1.82) is 5.26 Å². The van der Waals surface area contributed by atoms with E-state index >= 15 is 0 Å². The maximum absolute atomic E-state index is 13.7. The van der Waals surface area contributed by atoms with Crippen LogP contribution in [0.25, 0.3) is 10.9 Å². The minimum absolute atomic E-state index is 0.0522.